The molecule has 2 aromatic carbocycles. The molecule has 2 N–H and O–H groups in total. The number of nitrogens with one attached hydrogen (secondary N) is 2. The Balaban J connectivity index is 1.34. The first-order valence-electron chi connectivity index (χ1n) is 11.7. The standard InChI is InChI=1S/C27H31N3O6/c1-18-16-23(30-36-18)29-25(32)17-34-26(33)7-5-6-24(31)28-20-10-14-22(15-11-20)35-21-12-8-19(9-13-21)27(2,3)4/h8-16H,5-7,17H2,1-4H3,(H,28,31)(H,29,30,32). The molecule has 1 heterocycles. The highest BCUT2D eigenvalue weighted by Crippen LogP contribution is 2.27. The molecule has 0 radical (unpaired) electrons. The molecule has 0 fully saturated rings. The second kappa shape index (κ2) is 12.0. The average Bonchev–Trinajstić information content (AvgIpc) is 3.23. The molecule has 36 heavy (non-hydrogen) atoms. The third-order valence-corrected chi connectivity index (χ3v) is 5.14. The van der Waals surface area contributed by atoms with E-state index in [0.29, 0.717) is 23.6 Å². The predicted octanol–water partition coefficient (Wildman–Crippen LogP) is 5.36. The van der Waals surface area contributed by atoms with Gasteiger partial charge in [0.2, 0.25) is 5.91 Å². The summed E-state index contributed by atoms with van der Waals surface area (Å²) in [5, 5.41) is 8.86. The number of ether oxygens (including phenoxy) is 2. The number of esters is 1. The first-order chi connectivity index (χ1) is 17.1. The van der Waals surface area contributed by atoms with Crippen LogP contribution < -0.4 is 15.4 Å². The van der Waals surface area contributed by atoms with Gasteiger partial charge in [-0.05, 0) is 60.7 Å². The van der Waals surface area contributed by atoms with Gasteiger partial charge in [0.1, 0.15) is 17.3 Å². The molecule has 3 rings (SSSR count). The van der Waals surface area contributed by atoms with E-state index in [1.807, 2.05) is 24.3 Å². The maximum atomic E-state index is 12.2. The average molecular weight is 494 g/mol. The van der Waals surface area contributed by atoms with Crippen LogP contribution in [0, 0.1) is 6.92 Å². The zero-order valence-corrected chi connectivity index (χ0v) is 20.9. The molecule has 1 aromatic heterocycles. The Morgan fingerprint density at radius 3 is 2.11 bits per heavy atom. The van der Waals surface area contributed by atoms with Crippen LogP contribution in [0.4, 0.5) is 11.5 Å². The van der Waals surface area contributed by atoms with Gasteiger partial charge >= 0.3 is 5.97 Å². The van der Waals surface area contributed by atoms with Gasteiger partial charge in [-0.25, -0.2) is 0 Å². The lowest BCUT2D eigenvalue weighted by atomic mass is 9.87. The summed E-state index contributed by atoms with van der Waals surface area (Å²) < 4.78 is 15.6. The van der Waals surface area contributed by atoms with Gasteiger partial charge in [0.15, 0.2) is 12.4 Å². The maximum Gasteiger partial charge on any atom is 0.306 e. The van der Waals surface area contributed by atoms with Crippen molar-refractivity contribution in [1.82, 2.24) is 5.16 Å². The van der Waals surface area contributed by atoms with Gasteiger partial charge < -0.3 is 24.6 Å². The topological polar surface area (TPSA) is 120 Å². The molecule has 9 heteroatoms. The molecular formula is C27H31N3O6. The van der Waals surface area contributed by atoms with Crippen LogP contribution in [0.2, 0.25) is 0 Å². The van der Waals surface area contributed by atoms with Gasteiger partial charge in [0.05, 0.1) is 0 Å². The molecule has 0 aliphatic heterocycles. The predicted molar refractivity (Wildman–Crippen MR) is 135 cm³/mol. The van der Waals surface area contributed by atoms with E-state index in [1.54, 1.807) is 37.3 Å². The van der Waals surface area contributed by atoms with Crippen molar-refractivity contribution in [2.24, 2.45) is 0 Å². The summed E-state index contributed by atoms with van der Waals surface area (Å²) in [6.45, 7) is 7.73. The summed E-state index contributed by atoms with van der Waals surface area (Å²) >= 11 is 0. The van der Waals surface area contributed by atoms with Crippen LogP contribution in [0.5, 0.6) is 11.5 Å². The zero-order chi connectivity index (χ0) is 26.1. The summed E-state index contributed by atoms with van der Waals surface area (Å²) in [6, 6.07) is 16.6. The molecule has 0 unspecified atom stereocenters. The van der Waals surface area contributed by atoms with Gasteiger partial charge in [-0.1, -0.05) is 38.1 Å². The van der Waals surface area contributed by atoms with Crippen molar-refractivity contribution in [1.29, 1.82) is 0 Å². The molecule has 0 bridgehead atoms. The van der Waals surface area contributed by atoms with Gasteiger partial charge in [-0.3, -0.25) is 14.4 Å². The number of anilines is 2. The fraction of sp³-hybridized carbons (Fsp3) is 0.333. The molecule has 2 amide bonds. The molecule has 0 aliphatic rings. The van der Waals surface area contributed by atoms with E-state index in [0.717, 1.165) is 5.75 Å². The molecule has 0 spiro atoms. The largest absolute Gasteiger partial charge is 0.457 e. The molecule has 0 atom stereocenters. The van der Waals surface area contributed by atoms with E-state index in [9.17, 15) is 14.4 Å². The van der Waals surface area contributed by atoms with E-state index >= 15 is 0 Å². The lowest BCUT2D eigenvalue weighted by molar-refractivity contribution is -0.147. The third kappa shape index (κ3) is 8.57. The number of aryl methyl sites for hydroxylation is 1. The summed E-state index contributed by atoms with van der Waals surface area (Å²) in [5.41, 5.74) is 1.93. The first-order valence-corrected chi connectivity index (χ1v) is 11.7. The van der Waals surface area contributed by atoms with Crippen molar-refractivity contribution in [2.75, 3.05) is 17.2 Å². The Labute approximate surface area is 210 Å². The van der Waals surface area contributed by atoms with Crippen LogP contribution in [-0.2, 0) is 24.5 Å². The Hall–Kier alpha value is -4.14. The minimum Gasteiger partial charge on any atom is -0.457 e. The van der Waals surface area contributed by atoms with Gasteiger partial charge in [0, 0.05) is 24.6 Å². The molecule has 9 nitrogen and oxygen atoms in total. The number of aromatic nitrogens is 1. The van der Waals surface area contributed by atoms with E-state index in [1.165, 1.54) is 5.56 Å². The number of carbonyl (C=O) groups is 3. The van der Waals surface area contributed by atoms with Crippen molar-refractivity contribution in [3.05, 3.63) is 65.9 Å². The number of amides is 2. The zero-order valence-electron chi connectivity index (χ0n) is 20.9. The van der Waals surface area contributed by atoms with Crippen molar-refractivity contribution in [3.63, 3.8) is 0 Å². The van der Waals surface area contributed by atoms with E-state index in [4.69, 9.17) is 14.0 Å². The van der Waals surface area contributed by atoms with Crippen LogP contribution in [0.25, 0.3) is 0 Å². The van der Waals surface area contributed by atoms with Crippen LogP contribution in [0.15, 0.2) is 59.1 Å². The number of rotatable bonds is 10. The van der Waals surface area contributed by atoms with Crippen LogP contribution in [-0.4, -0.2) is 29.5 Å². The van der Waals surface area contributed by atoms with Crippen LogP contribution in [0.1, 0.15) is 51.4 Å². The number of hydrogen-bond donors (Lipinski definition) is 2. The van der Waals surface area contributed by atoms with Crippen LogP contribution >= 0.6 is 0 Å². The van der Waals surface area contributed by atoms with E-state index < -0.39 is 18.5 Å². The minimum absolute atomic E-state index is 0.0184. The van der Waals surface area contributed by atoms with E-state index in [2.05, 4.69) is 36.6 Å². The molecular weight excluding hydrogens is 462 g/mol. The Morgan fingerprint density at radius 2 is 1.53 bits per heavy atom. The van der Waals surface area contributed by atoms with Crippen molar-refractivity contribution in [2.45, 2.75) is 52.4 Å². The summed E-state index contributed by atoms with van der Waals surface area (Å²) in [6.07, 6.45) is 0.447. The number of benzene rings is 2. The third-order valence-electron chi connectivity index (χ3n) is 5.14. The fourth-order valence-electron chi connectivity index (χ4n) is 3.20. The van der Waals surface area contributed by atoms with Gasteiger partial charge in [0.25, 0.3) is 5.91 Å². The highest BCUT2D eigenvalue weighted by molar-refractivity contribution is 5.92. The fourth-order valence-corrected chi connectivity index (χ4v) is 3.20. The quantitative estimate of drug-likeness (QED) is 0.365. The van der Waals surface area contributed by atoms with Crippen LogP contribution in [0.3, 0.4) is 0 Å². The first kappa shape index (κ1) is 26.5. The molecule has 3 aromatic rings. The minimum atomic E-state index is -0.564. The summed E-state index contributed by atoms with van der Waals surface area (Å²) in [7, 11) is 0. The lowest BCUT2D eigenvalue weighted by Gasteiger charge is -2.19. The monoisotopic (exact) mass is 493 g/mol. The SMILES string of the molecule is Cc1cc(NC(=O)COC(=O)CCCC(=O)Nc2ccc(Oc3ccc(C(C)(C)C)cc3)cc2)no1. The maximum absolute atomic E-state index is 12.2. The number of nitrogens with zero attached hydrogens (tertiary/aromatic N) is 1. The summed E-state index contributed by atoms with van der Waals surface area (Å²) in [4.78, 5) is 35.7. The Bertz CT molecular complexity index is 1180. The molecule has 0 saturated heterocycles. The normalized spacial score (nSPS) is 11.0. The smallest absolute Gasteiger partial charge is 0.306 e. The molecule has 190 valence electrons. The highest BCUT2D eigenvalue weighted by atomic mass is 16.5. The Morgan fingerprint density at radius 1 is 0.889 bits per heavy atom. The van der Waals surface area contributed by atoms with Crippen molar-refractivity contribution < 1.29 is 28.4 Å². The molecule has 0 aliphatic carbocycles. The van der Waals surface area contributed by atoms with Gasteiger partial charge in [-0.15, -0.1) is 0 Å². The second-order valence-electron chi connectivity index (χ2n) is 9.33. The Kier molecular flexibility index (Phi) is 8.83. The van der Waals surface area contributed by atoms with Gasteiger partial charge in [-0.2, -0.15) is 0 Å². The van der Waals surface area contributed by atoms with E-state index in [-0.39, 0.29) is 30.0 Å². The second-order valence-corrected chi connectivity index (χ2v) is 9.33. The summed E-state index contributed by atoms with van der Waals surface area (Å²) in [5.74, 6) is 0.870. The lowest BCUT2D eigenvalue weighted by Crippen LogP contribution is -2.21. The highest BCUT2D eigenvalue weighted by Gasteiger charge is 2.13. The molecule has 0 saturated carbocycles. The van der Waals surface area contributed by atoms with Crippen molar-refractivity contribution in [3.8, 4) is 11.5 Å². The number of carbonyl (C=O) groups excluding carboxylic acids is 3. The number of hydrogen-bond acceptors (Lipinski definition) is 7. The van der Waals surface area contributed by atoms with Crippen molar-refractivity contribution >= 4 is 29.3 Å².